The van der Waals surface area contributed by atoms with Crippen molar-refractivity contribution in [1.29, 1.82) is 0 Å². The minimum Gasteiger partial charge on any atom is -0.310 e. The van der Waals surface area contributed by atoms with E-state index in [-0.39, 0.29) is 5.41 Å². The number of fused-ring (bicyclic) bond motifs is 2. The summed E-state index contributed by atoms with van der Waals surface area (Å²) in [6, 6.07) is 89.2. The van der Waals surface area contributed by atoms with E-state index in [1.807, 2.05) is 0 Å². The first kappa shape index (κ1) is 39.2. The predicted molar refractivity (Wildman–Crippen MR) is 274 cm³/mol. The van der Waals surface area contributed by atoms with Crippen LogP contribution in [0, 0.1) is 23.7 Å². The molecule has 66 heavy (non-hydrogen) atoms. The van der Waals surface area contributed by atoms with Crippen LogP contribution >= 0.6 is 0 Å². The zero-order valence-corrected chi connectivity index (χ0v) is 37.3. The largest absolute Gasteiger partial charge is 0.310 e. The minimum atomic E-state index is -0.479. The standard InChI is InChI=1S/C65H53N/c1-5-15-47(16-6-1)49-25-27-50(28-26-49)52-31-35-58(36-32-52)66(57-33-29-51(30-34-57)48-17-7-2-8-18-48)59-37-38-62-63(44-59)65(55-40-45-39-46(42-55)43-56(65)41-45)61-24-14-13-23-60(61)64(62,53-19-9-3-10-20-53)54-21-11-4-12-22-54/h1-38,44-46,55-56H,39-43H2. The SMILES string of the molecule is c1ccc(-c2ccc(-c3ccc(N(c4ccc(-c5ccccc5)cc4)c4ccc5c(c4)C4(c6ccccc6C5(c5ccccc5)c5ccccc5)C5CC6CC(C5)CC4C6)cc3)cc2)cc1. The molecule has 0 aromatic heterocycles. The molecule has 0 N–H and O–H groups in total. The Labute approximate surface area is 390 Å². The van der Waals surface area contributed by atoms with Gasteiger partial charge in [-0.3, -0.25) is 0 Å². The number of hydrogen-bond acceptors (Lipinski definition) is 1. The second kappa shape index (κ2) is 15.7. The van der Waals surface area contributed by atoms with Crippen molar-refractivity contribution >= 4 is 17.1 Å². The summed E-state index contributed by atoms with van der Waals surface area (Å²) in [6.45, 7) is 0. The number of anilines is 3. The monoisotopic (exact) mass is 847 g/mol. The number of rotatable bonds is 8. The van der Waals surface area contributed by atoms with Gasteiger partial charge in [0.15, 0.2) is 0 Å². The van der Waals surface area contributed by atoms with E-state index >= 15 is 0 Å². The topological polar surface area (TPSA) is 3.24 Å². The Kier molecular flexibility index (Phi) is 9.34. The summed E-state index contributed by atoms with van der Waals surface area (Å²) in [7, 11) is 0. The molecule has 0 saturated heterocycles. The van der Waals surface area contributed by atoms with Gasteiger partial charge in [-0.05, 0) is 159 Å². The van der Waals surface area contributed by atoms with Crippen LogP contribution in [-0.2, 0) is 10.8 Å². The maximum Gasteiger partial charge on any atom is 0.0707 e. The molecule has 5 aliphatic rings. The molecule has 9 aromatic rings. The Morgan fingerprint density at radius 2 is 0.636 bits per heavy atom. The van der Waals surface area contributed by atoms with Crippen molar-refractivity contribution in [2.75, 3.05) is 4.90 Å². The van der Waals surface area contributed by atoms with E-state index < -0.39 is 5.41 Å². The van der Waals surface area contributed by atoms with Crippen molar-refractivity contribution < 1.29 is 0 Å². The van der Waals surface area contributed by atoms with Gasteiger partial charge < -0.3 is 4.90 Å². The van der Waals surface area contributed by atoms with Crippen LogP contribution in [0.1, 0.15) is 65.5 Å². The smallest absolute Gasteiger partial charge is 0.0707 e. The summed E-state index contributed by atoms with van der Waals surface area (Å²) in [5, 5.41) is 0. The lowest BCUT2D eigenvalue weighted by atomic mass is 9.38. The predicted octanol–water partition coefficient (Wildman–Crippen LogP) is 16.6. The zero-order chi connectivity index (χ0) is 43.7. The van der Waals surface area contributed by atoms with Gasteiger partial charge >= 0.3 is 0 Å². The van der Waals surface area contributed by atoms with Gasteiger partial charge in [0.1, 0.15) is 0 Å². The van der Waals surface area contributed by atoms with Crippen LogP contribution in [-0.4, -0.2) is 0 Å². The van der Waals surface area contributed by atoms with Crippen molar-refractivity contribution in [2.24, 2.45) is 23.7 Å². The van der Waals surface area contributed by atoms with E-state index in [0.29, 0.717) is 11.8 Å². The highest BCUT2D eigenvalue weighted by Crippen LogP contribution is 2.70. The third kappa shape index (κ3) is 6.06. The molecule has 9 aromatic carbocycles. The average molecular weight is 848 g/mol. The molecule has 1 spiro atoms. The van der Waals surface area contributed by atoms with Gasteiger partial charge in [0.25, 0.3) is 0 Å². The van der Waals surface area contributed by atoms with Crippen LogP contribution in [0.3, 0.4) is 0 Å². The van der Waals surface area contributed by atoms with Crippen molar-refractivity contribution in [1.82, 2.24) is 0 Å². The van der Waals surface area contributed by atoms with E-state index in [1.54, 1.807) is 11.1 Å². The lowest BCUT2D eigenvalue weighted by Crippen LogP contribution is -2.59. The molecule has 5 aliphatic carbocycles. The van der Waals surface area contributed by atoms with Gasteiger partial charge in [-0.15, -0.1) is 0 Å². The second-order valence-corrected chi connectivity index (χ2v) is 19.7. The highest BCUT2D eigenvalue weighted by atomic mass is 15.1. The summed E-state index contributed by atoms with van der Waals surface area (Å²) in [6.07, 6.45) is 6.73. The lowest BCUT2D eigenvalue weighted by molar-refractivity contribution is -0.0440. The lowest BCUT2D eigenvalue weighted by Gasteiger charge is -2.65. The third-order valence-corrected chi connectivity index (χ3v) is 16.4. The highest BCUT2D eigenvalue weighted by Gasteiger charge is 2.63. The van der Waals surface area contributed by atoms with E-state index in [9.17, 15) is 0 Å². The molecule has 0 amide bonds. The zero-order valence-electron chi connectivity index (χ0n) is 37.3. The Morgan fingerprint density at radius 1 is 0.288 bits per heavy atom. The van der Waals surface area contributed by atoms with Crippen molar-refractivity contribution in [3.63, 3.8) is 0 Å². The Hall–Kier alpha value is -7.22. The number of benzene rings is 9. The van der Waals surface area contributed by atoms with Gasteiger partial charge in [0.2, 0.25) is 0 Å². The Morgan fingerprint density at radius 3 is 1.09 bits per heavy atom. The van der Waals surface area contributed by atoms with Crippen molar-refractivity contribution in [3.05, 3.63) is 270 Å². The quantitative estimate of drug-likeness (QED) is 0.147. The van der Waals surface area contributed by atoms with Gasteiger partial charge in [-0.2, -0.15) is 0 Å². The minimum absolute atomic E-state index is 0.0684. The fraction of sp³-hybridized carbons (Fsp3) is 0.169. The molecule has 0 heterocycles. The fourth-order valence-corrected chi connectivity index (χ4v) is 13.9. The van der Waals surface area contributed by atoms with Gasteiger partial charge in [0.05, 0.1) is 5.41 Å². The molecule has 0 radical (unpaired) electrons. The summed E-state index contributed by atoms with van der Waals surface area (Å²) in [5.74, 6) is 2.92. The van der Waals surface area contributed by atoms with E-state index in [0.717, 1.165) is 23.2 Å². The molecule has 1 nitrogen and oxygen atoms in total. The third-order valence-electron chi connectivity index (χ3n) is 16.4. The molecule has 0 atom stereocenters. The maximum atomic E-state index is 2.68. The highest BCUT2D eigenvalue weighted by molar-refractivity contribution is 5.83. The van der Waals surface area contributed by atoms with E-state index in [1.165, 1.54) is 93.4 Å². The van der Waals surface area contributed by atoms with Crippen molar-refractivity contribution in [3.8, 4) is 33.4 Å². The Bertz CT molecular complexity index is 3090. The van der Waals surface area contributed by atoms with E-state index in [2.05, 4.69) is 241 Å². The van der Waals surface area contributed by atoms with Crippen LogP contribution in [0.4, 0.5) is 17.1 Å². The molecule has 0 unspecified atom stereocenters. The molecular weight excluding hydrogens is 795 g/mol. The summed E-state index contributed by atoms with van der Waals surface area (Å²) >= 11 is 0. The van der Waals surface area contributed by atoms with E-state index in [4.69, 9.17) is 0 Å². The fourth-order valence-electron chi connectivity index (χ4n) is 13.9. The van der Waals surface area contributed by atoms with Crippen LogP contribution in [0.5, 0.6) is 0 Å². The molecule has 4 fully saturated rings. The molecule has 318 valence electrons. The Balaban J connectivity index is 1.02. The maximum absolute atomic E-state index is 2.68. The van der Waals surface area contributed by atoms with Crippen LogP contribution < -0.4 is 4.90 Å². The second-order valence-electron chi connectivity index (χ2n) is 19.7. The van der Waals surface area contributed by atoms with Gasteiger partial charge in [0, 0.05) is 22.5 Å². The first-order chi connectivity index (χ1) is 32.7. The first-order valence-electron chi connectivity index (χ1n) is 24.3. The summed E-state index contributed by atoms with van der Waals surface area (Å²) in [5.41, 5.74) is 19.0. The number of nitrogens with zero attached hydrogens (tertiary/aromatic N) is 1. The van der Waals surface area contributed by atoms with Crippen LogP contribution in [0.2, 0.25) is 0 Å². The van der Waals surface area contributed by atoms with Gasteiger partial charge in [-0.1, -0.05) is 200 Å². The van der Waals surface area contributed by atoms with Gasteiger partial charge in [-0.25, -0.2) is 0 Å². The summed E-state index contributed by atoms with van der Waals surface area (Å²) < 4.78 is 0. The molecule has 4 bridgehead atoms. The molecule has 0 aliphatic heterocycles. The molecule has 14 rings (SSSR count). The molecular formula is C65H53N. The summed E-state index contributed by atoms with van der Waals surface area (Å²) in [4.78, 5) is 2.52. The molecule has 1 heteroatoms. The normalized spacial score (nSPS) is 21.8. The van der Waals surface area contributed by atoms with Crippen LogP contribution in [0.15, 0.2) is 237 Å². The van der Waals surface area contributed by atoms with Crippen LogP contribution in [0.25, 0.3) is 33.4 Å². The first-order valence-corrected chi connectivity index (χ1v) is 24.3. The number of hydrogen-bond donors (Lipinski definition) is 0. The average Bonchev–Trinajstić information content (AvgIpc) is 3.39. The van der Waals surface area contributed by atoms with Crippen molar-refractivity contribution in [2.45, 2.75) is 42.9 Å². The molecule has 4 saturated carbocycles.